The molecule has 0 saturated carbocycles. The van der Waals surface area contributed by atoms with Gasteiger partial charge in [0.1, 0.15) is 0 Å². The number of aromatic nitrogens is 2. The van der Waals surface area contributed by atoms with Crippen molar-refractivity contribution in [3.63, 3.8) is 0 Å². The number of carboxylic acids is 1. The molecule has 3 N–H and O–H groups in total. The topological polar surface area (TPSA) is 81.1 Å². The van der Waals surface area contributed by atoms with Gasteiger partial charge in [0, 0.05) is 25.2 Å². The van der Waals surface area contributed by atoms with E-state index in [9.17, 15) is 4.79 Å². The van der Waals surface area contributed by atoms with E-state index in [1.54, 1.807) is 4.68 Å². The molecular formula is C9H15N3O2. The number of carboxylic acid groups (broad SMARTS) is 1. The fourth-order valence-corrected chi connectivity index (χ4v) is 1.20. The maximum Gasteiger partial charge on any atom is 0.303 e. The van der Waals surface area contributed by atoms with Crippen molar-refractivity contribution in [3.05, 3.63) is 17.5 Å². The molecule has 1 unspecified atom stereocenters. The van der Waals surface area contributed by atoms with Crippen molar-refractivity contribution >= 4 is 5.97 Å². The lowest BCUT2D eigenvalue weighted by atomic mass is 10.1. The molecule has 1 rings (SSSR count). The van der Waals surface area contributed by atoms with Crippen molar-refractivity contribution in [2.75, 3.05) is 0 Å². The van der Waals surface area contributed by atoms with Gasteiger partial charge < -0.3 is 10.8 Å². The molecule has 0 saturated heterocycles. The second kappa shape index (κ2) is 4.23. The lowest BCUT2D eigenvalue weighted by Crippen LogP contribution is -2.13. The number of hydrogen-bond acceptors (Lipinski definition) is 3. The maximum atomic E-state index is 10.3. The lowest BCUT2D eigenvalue weighted by Gasteiger charge is -2.05. The summed E-state index contributed by atoms with van der Waals surface area (Å²) in [6, 6.07) is 1.60. The van der Waals surface area contributed by atoms with Crippen molar-refractivity contribution < 1.29 is 9.90 Å². The molecule has 0 spiro atoms. The fourth-order valence-electron chi connectivity index (χ4n) is 1.20. The second-order valence-electron chi connectivity index (χ2n) is 3.37. The summed E-state index contributed by atoms with van der Waals surface area (Å²) in [4.78, 5) is 10.3. The van der Waals surface area contributed by atoms with Crippen molar-refractivity contribution in [1.29, 1.82) is 0 Å². The fraction of sp³-hybridized carbons (Fsp3) is 0.556. The van der Waals surface area contributed by atoms with Gasteiger partial charge in [-0.25, -0.2) is 0 Å². The molecule has 0 aliphatic rings. The van der Waals surface area contributed by atoms with Crippen LogP contribution in [0.25, 0.3) is 0 Å². The van der Waals surface area contributed by atoms with E-state index in [1.807, 2.05) is 20.0 Å². The third-order valence-corrected chi connectivity index (χ3v) is 2.18. The third-order valence-electron chi connectivity index (χ3n) is 2.18. The van der Waals surface area contributed by atoms with Gasteiger partial charge in [0.25, 0.3) is 0 Å². The van der Waals surface area contributed by atoms with Crippen molar-refractivity contribution in [3.8, 4) is 0 Å². The summed E-state index contributed by atoms with van der Waals surface area (Å²) >= 11 is 0. The summed E-state index contributed by atoms with van der Waals surface area (Å²) in [5.41, 5.74) is 7.56. The Morgan fingerprint density at radius 3 is 2.86 bits per heavy atom. The van der Waals surface area contributed by atoms with Gasteiger partial charge in [0.2, 0.25) is 0 Å². The number of hydrogen-bond donors (Lipinski definition) is 2. The van der Waals surface area contributed by atoms with Crippen molar-refractivity contribution in [1.82, 2.24) is 9.78 Å². The lowest BCUT2D eigenvalue weighted by molar-refractivity contribution is -0.137. The van der Waals surface area contributed by atoms with Crippen LogP contribution in [0.15, 0.2) is 6.07 Å². The van der Waals surface area contributed by atoms with Gasteiger partial charge in [-0.2, -0.15) is 5.10 Å². The van der Waals surface area contributed by atoms with E-state index in [1.165, 1.54) is 0 Å². The van der Waals surface area contributed by atoms with E-state index in [4.69, 9.17) is 10.8 Å². The van der Waals surface area contributed by atoms with Gasteiger partial charge >= 0.3 is 5.97 Å². The SMILES string of the molecule is Cc1cc(C(N)CCC(=O)O)nn1C. The zero-order valence-electron chi connectivity index (χ0n) is 8.40. The predicted molar refractivity (Wildman–Crippen MR) is 51.7 cm³/mol. The third kappa shape index (κ3) is 2.56. The number of carbonyl (C=O) groups is 1. The molecule has 0 bridgehead atoms. The van der Waals surface area contributed by atoms with Crippen molar-refractivity contribution in [2.24, 2.45) is 12.8 Å². The van der Waals surface area contributed by atoms with E-state index < -0.39 is 5.97 Å². The van der Waals surface area contributed by atoms with E-state index in [-0.39, 0.29) is 12.5 Å². The molecule has 14 heavy (non-hydrogen) atoms. The Morgan fingerprint density at radius 1 is 1.79 bits per heavy atom. The summed E-state index contributed by atoms with van der Waals surface area (Å²) in [6.07, 6.45) is 0.503. The molecule has 78 valence electrons. The van der Waals surface area contributed by atoms with Crippen LogP contribution in [0.5, 0.6) is 0 Å². The van der Waals surface area contributed by atoms with E-state index in [2.05, 4.69) is 5.10 Å². The minimum atomic E-state index is -0.826. The van der Waals surface area contributed by atoms with E-state index in [0.29, 0.717) is 6.42 Å². The maximum absolute atomic E-state index is 10.3. The minimum Gasteiger partial charge on any atom is -0.481 e. The average molecular weight is 197 g/mol. The first kappa shape index (κ1) is 10.7. The molecule has 0 radical (unpaired) electrons. The zero-order valence-corrected chi connectivity index (χ0v) is 8.40. The number of aliphatic carboxylic acids is 1. The van der Waals surface area contributed by atoms with Gasteiger partial charge in [-0.05, 0) is 19.4 Å². The Balaban J connectivity index is 2.60. The standard InChI is InChI=1S/C9H15N3O2/c1-6-5-8(11-12(6)2)7(10)3-4-9(13)14/h5,7H,3-4,10H2,1-2H3,(H,13,14). The molecule has 0 fully saturated rings. The Hall–Kier alpha value is -1.36. The highest BCUT2D eigenvalue weighted by atomic mass is 16.4. The number of nitrogens with zero attached hydrogens (tertiary/aromatic N) is 2. The molecule has 5 heteroatoms. The van der Waals surface area contributed by atoms with Gasteiger partial charge in [-0.3, -0.25) is 9.48 Å². The molecule has 1 heterocycles. The molecule has 1 atom stereocenters. The molecule has 5 nitrogen and oxygen atoms in total. The van der Waals surface area contributed by atoms with Gasteiger partial charge in [-0.15, -0.1) is 0 Å². The highest BCUT2D eigenvalue weighted by molar-refractivity contribution is 5.66. The van der Waals surface area contributed by atoms with Crippen LogP contribution in [-0.4, -0.2) is 20.9 Å². The van der Waals surface area contributed by atoms with Crippen LogP contribution >= 0.6 is 0 Å². The second-order valence-corrected chi connectivity index (χ2v) is 3.37. The van der Waals surface area contributed by atoms with Crippen molar-refractivity contribution in [2.45, 2.75) is 25.8 Å². The normalized spacial score (nSPS) is 12.8. The summed E-state index contributed by atoms with van der Waals surface area (Å²) in [7, 11) is 1.84. The number of rotatable bonds is 4. The number of aryl methyl sites for hydroxylation is 2. The van der Waals surface area contributed by atoms with Gasteiger partial charge in [0.05, 0.1) is 5.69 Å². The van der Waals surface area contributed by atoms with Crippen LogP contribution < -0.4 is 5.73 Å². The Kier molecular flexibility index (Phi) is 3.24. The first-order valence-electron chi connectivity index (χ1n) is 4.48. The van der Waals surface area contributed by atoms with Crippen LogP contribution in [0.1, 0.15) is 30.3 Å². The molecule has 1 aromatic heterocycles. The van der Waals surface area contributed by atoms with Crippen LogP contribution in [0.2, 0.25) is 0 Å². The monoisotopic (exact) mass is 197 g/mol. The molecule has 0 aliphatic heterocycles. The van der Waals surface area contributed by atoms with E-state index in [0.717, 1.165) is 11.4 Å². The molecule has 0 amide bonds. The molecule has 1 aromatic rings. The summed E-state index contributed by atoms with van der Waals surface area (Å²) < 4.78 is 1.73. The van der Waals surface area contributed by atoms with Crippen LogP contribution in [0.3, 0.4) is 0 Å². The Labute approximate surface area is 82.5 Å². The summed E-state index contributed by atoms with van der Waals surface area (Å²) in [5, 5.41) is 12.7. The predicted octanol–water partition coefficient (Wildman–Crippen LogP) is 0.593. The first-order chi connectivity index (χ1) is 6.50. The molecule has 0 aliphatic carbocycles. The zero-order chi connectivity index (χ0) is 10.7. The van der Waals surface area contributed by atoms with E-state index >= 15 is 0 Å². The van der Waals surface area contributed by atoms with Crippen LogP contribution in [0, 0.1) is 6.92 Å². The van der Waals surface area contributed by atoms with Crippen LogP contribution in [-0.2, 0) is 11.8 Å². The van der Waals surface area contributed by atoms with Crippen LogP contribution in [0.4, 0.5) is 0 Å². The summed E-state index contributed by atoms with van der Waals surface area (Å²) in [6.45, 7) is 1.93. The average Bonchev–Trinajstić information content (AvgIpc) is 2.43. The quantitative estimate of drug-likeness (QED) is 0.740. The Morgan fingerprint density at radius 2 is 2.43 bits per heavy atom. The van der Waals surface area contributed by atoms with Gasteiger partial charge in [-0.1, -0.05) is 0 Å². The highest BCUT2D eigenvalue weighted by Crippen LogP contribution is 2.14. The number of nitrogens with two attached hydrogens (primary N) is 1. The largest absolute Gasteiger partial charge is 0.481 e. The first-order valence-corrected chi connectivity index (χ1v) is 4.48. The minimum absolute atomic E-state index is 0.0801. The summed E-state index contributed by atoms with van der Waals surface area (Å²) in [5.74, 6) is -0.826. The Bertz CT molecular complexity index is 313. The molecular weight excluding hydrogens is 182 g/mol. The smallest absolute Gasteiger partial charge is 0.303 e. The molecule has 0 aromatic carbocycles. The highest BCUT2D eigenvalue weighted by Gasteiger charge is 2.12. The van der Waals surface area contributed by atoms with Gasteiger partial charge in [0.15, 0.2) is 0 Å².